The lowest BCUT2D eigenvalue weighted by Crippen LogP contribution is -2.13. The molecule has 1 unspecified atom stereocenters. The van der Waals surface area contributed by atoms with Gasteiger partial charge in [-0.2, -0.15) is 23.5 Å². The van der Waals surface area contributed by atoms with E-state index in [9.17, 15) is 21.6 Å². The van der Waals surface area contributed by atoms with Crippen molar-refractivity contribution in [3.63, 3.8) is 0 Å². The largest absolute Gasteiger partial charge is 0.420 e. The molecule has 0 aliphatic rings. The molecule has 0 amide bonds. The molecule has 3 aromatic heterocycles. The molecule has 0 aliphatic heterocycles. The predicted molar refractivity (Wildman–Crippen MR) is 99.1 cm³/mol. The molecule has 3 rings (SSSR count). The van der Waals surface area contributed by atoms with Gasteiger partial charge in [0.2, 0.25) is 15.0 Å². The second-order valence-electron chi connectivity index (χ2n) is 5.21. The monoisotopic (exact) mass is 526 g/mol. The van der Waals surface area contributed by atoms with E-state index in [1.165, 1.54) is 16.6 Å². The highest BCUT2D eigenvalue weighted by Crippen LogP contribution is 2.39. The first-order chi connectivity index (χ1) is 12.6. The van der Waals surface area contributed by atoms with Gasteiger partial charge in [-0.05, 0) is 34.2 Å². The Bertz CT molecular complexity index is 1210. The standard InChI is InChI=1S/C13H7F3IN6O2PS/c1-27(24,25)12-19-5-8(13(14,15)16)10(21-12)9-7-3-2-6(4-18)20-11(7)23(22-9)26-17/h2-3,5,26H,1H3. The number of halogens is 4. The lowest BCUT2D eigenvalue weighted by Gasteiger charge is -2.11. The van der Waals surface area contributed by atoms with Crippen molar-refractivity contribution in [2.24, 2.45) is 0 Å². The van der Waals surface area contributed by atoms with Crippen LogP contribution in [-0.2, 0) is 16.0 Å². The quantitative estimate of drug-likeness (QED) is 0.293. The zero-order valence-corrected chi connectivity index (χ0v) is 17.1. The summed E-state index contributed by atoms with van der Waals surface area (Å²) in [6.45, 7) is 0. The second-order valence-corrected chi connectivity index (χ2v) is 9.16. The molecule has 14 heteroatoms. The summed E-state index contributed by atoms with van der Waals surface area (Å²) in [6.07, 6.45) is -3.63. The van der Waals surface area contributed by atoms with Crippen LogP contribution in [0.15, 0.2) is 23.5 Å². The van der Waals surface area contributed by atoms with Gasteiger partial charge in [-0.25, -0.2) is 27.8 Å². The fourth-order valence-electron chi connectivity index (χ4n) is 2.22. The number of fused-ring (bicyclic) bond motifs is 1. The van der Waals surface area contributed by atoms with Gasteiger partial charge in [0, 0.05) is 17.8 Å². The van der Waals surface area contributed by atoms with Crippen LogP contribution in [0.3, 0.4) is 0 Å². The van der Waals surface area contributed by atoms with E-state index in [-0.39, 0.29) is 28.8 Å². The molecule has 0 saturated carbocycles. The molecular weight excluding hydrogens is 519 g/mol. The minimum atomic E-state index is -4.83. The topological polar surface area (TPSA) is 114 Å². The van der Waals surface area contributed by atoms with Crippen LogP contribution in [0.5, 0.6) is 0 Å². The third kappa shape index (κ3) is 3.74. The van der Waals surface area contributed by atoms with Crippen molar-refractivity contribution in [2.45, 2.75) is 11.3 Å². The molecule has 0 N–H and O–H groups in total. The second kappa shape index (κ2) is 6.92. The molecule has 27 heavy (non-hydrogen) atoms. The van der Waals surface area contributed by atoms with Crippen LogP contribution in [0.25, 0.3) is 22.4 Å². The Morgan fingerprint density at radius 1 is 1.26 bits per heavy atom. The fraction of sp³-hybridized carbons (Fsp3) is 0.154. The van der Waals surface area contributed by atoms with Gasteiger partial charge in [0.1, 0.15) is 28.7 Å². The molecule has 0 aliphatic carbocycles. The van der Waals surface area contributed by atoms with Crippen molar-refractivity contribution in [3.05, 3.63) is 29.6 Å². The van der Waals surface area contributed by atoms with Crippen LogP contribution in [-0.4, -0.2) is 39.2 Å². The van der Waals surface area contributed by atoms with Crippen molar-refractivity contribution < 1.29 is 21.6 Å². The number of sulfone groups is 1. The van der Waals surface area contributed by atoms with E-state index >= 15 is 0 Å². The molecule has 0 spiro atoms. The lowest BCUT2D eigenvalue weighted by molar-refractivity contribution is -0.137. The number of pyridine rings is 1. The number of nitrogens with zero attached hydrogens (tertiary/aromatic N) is 6. The van der Waals surface area contributed by atoms with Crippen molar-refractivity contribution in [1.82, 2.24) is 24.5 Å². The molecular formula is C13H7F3IN6O2PS. The zero-order valence-electron chi connectivity index (χ0n) is 13.2. The summed E-state index contributed by atoms with van der Waals surface area (Å²) in [5, 5.41) is 12.6. The predicted octanol–water partition coefficient (Wildman–Crippen LogP) is 2.97. The number of aromatic nitrogens is 5. The van der Waals surface area contributed by atoms with Gasteiger partial charge >= 0.3 is 6.18 Å². The summed E-state index contributed by atoms with van der Waals surface area (Å²) in [7, 11) is -3.94. The summed E-state index contributed by atoms with van der Waals surface area (Å²) in [5.41, 5.74) is -1.80. The molecule has 0 saturated heterocycles. The molecule has 1 atom stereocenters. The summed E-state index contributed by atoms with van der Waals surface area (Å²) in [4.78, 5) is 11.0. The highest BCUT2D eigenvalue weighted by molar-refractivity contribution is 14.2. The first-order valence-corrected chi connectivity index (χ1v) is 12.8. The van der Waals surface area contributed by atoms with Gasteiger partial charge in [-0.1, -0.05) is 0 Å². The normalized spacial score (nSPS) is 12.7. The summed E-state index contributed by atoms with van der Waals surface area (Å²) < 4.78 is 65.1. The number of rotatable bonds is 3. The van der Waals surface area contributed by atoms with Crippen LogP contribution in [0.2, 0.25) is 0 Å². The Hall–Kier alpha value is -1.91. The molecule has 3 heterocycles. The maximum atomic E-state index is 13.4. The average Bonchev–Trinajstić information content (AvgIpc) is 2.97. The Morgan fingerprint density at radius 3 is 2.52 bits per heavy atom. The molecule has 8 nitrogen and oxygen atoms in total. The van der Waals surface area contributed by atoms with Crippen LogP contribution in [0.1, 0.15) is 11.3 Å². The first-order valence-electron chi connectivity index (χ1n) is 6.87. The van der Waals surface area contributed by atoms with Gasteiger partial charge < -0.3 is 0 Å². The Labute approximate surface area is 165 Å². The summed E-state index contributed by atoms with van der Waals surface area (Å²) in [5.74, 6) is 0. The lowest BCUT2D eigenvalue weighted by atomic mass is 10.1. The van der Waals surface area contributed by atoms with Crippen molar-refractivity contribution in [1.29, 1.82) is 5.26 Å². The maximum absolute atomic E-state index is 13.4. The summed E-state index contributed by atoms with van der Waals surface area (Å²) in [6, 6.07) is 4.58. The van der Waals surface area contributed by atoms with E-state index in [2.05, 4.69) is 20.1 Å². The van der Waals surface area contributed by atoms with Crippen LogP contribution >= 0.6 is 28.4 Å². The smallest absolute Gasteiger partial charge is 0.226 e. The zero-order chi connectivity index (χ0) is 20.0. The van der Waals surface area contributed by atoms with Crippen LogP contribution < -0.4 is 0 Å². The van der Waals surface area contributed by atoms with E-state index in [0.717, 1.165) is 6.26 Å². The van der Waals surface area contributed by atoms with E-state index in [1.807, 2.05) is 28.1 Å². The number of hydrogen-bond acceptors (Lipinski definition) is 7. The molecule has 0 fully saturated rings. The first kappa shape index (κ1) is 19.8. The number of alkyl halides is 3. The average molecular weight is 526 g/mol. The van der Waals surface area contributed by atoms with E-state index < -0.39 is 32.4 Å². The summed E-state index contributed by atoms with van der Waals surface area (Å²) >= 11 is 1.96. The molecule has 140 valence electrons. The van der Waals surface area contributed by atoms with Crippen LogP contribution in [0, 0.1) is 11.3 Å². The fourth-order valence-corrected chi connectivity index (χ4v) is 4.12. The van der Waals surface area contributed by atoms with Gasteiger partial charge in [-0.3, -0.25) is 0 Å². The Balaban J connectivity index is 2.41. The van der Waals surface area contributed by atoms with Crippen molar-refractivity contribution in [2.75, 3.05) is 6.26 Å². The highest BCUT2D eigenvalue weighted by Gasteiger charge is 2.37. The number of hydrogen-bond donors (Lipinski definition) is 0. The van der Waals surface area contributed by atoms with Gasteiger partial charge in [0.25, 0.3) is 0 Å². The van der Waals surface area contributed by atoms with Gasteiger partial charge in [0.05, 0.1) is 6.37 Å². The van der Waals surface area contributed by atoms with Crippen molar-refractivity contribution in [3.8, 4) is 17.5 Å². The minimum Gasteiger partial charge on any atom is -0.226 e. The number of nitriles is 1. The molecule has 3 aromatic rings. The third-order valence-corrected chi connectivity index (χ3v) is 6.06. The van der Waals surface area contributed by atoms with E-state index in [4.69, 9.17) is 5.26 Å². The Kier molecular flexibility index (Phi) is 5.08. The van der Waals surface area contributed by atoms with Gasteiger partial charge in [0.15, 0.2) is 5.65 Å². The minimum absolute atomic E-state index is 0.0221. The van der Waals surface area contributed by atoms with Gasteiger partial charge in [-0.15, -0.1) is 0 Å². The highest BCUT2D eigenvalue weighted by atomic mass is 127. The van der Waals surface area contributed by atoms with E-state index in [0.29, 0.717) is 6.20 Å². The van der Waals surface area contributed by atoms with Crippen LogP contribution in [0.4, 0.5) is 13.2 Å². The third-order valence-electron chi connectivity index (χ3n) is 3.35. The maximum Gasteiger partial charge on any atom is 0.420 e. The van der Waals surface area contributed by atoms with Crippen molar-refractivity contribution >= 4 is 49.3 Å². The Morgan fingerprint density at radius 2 is 1.96 bits per heavy atom. The molecule has 0 aromatic carbocycles. The molecule has 0 bridgehead atoms. The SMILES string of the molecule is CS(=O)(=O)c1ncc(C(F)(F)F)c(-c2nn(PI)c3nc(C#N)ccc23)n1. The molecule has 0 radical (unpaired) electrons. The van der Waals surface area contributed by atoms with E-state index in [1.54, 1.807) is 0 Å².